The van der Waals surface area contributed by atoms with Gasteiger partial charge in [0.05, 0.1) is 0 Å². The van der Waals surface area contributed by atoms with Crippen LogP contribution in [-0.4, -0.2) is 32.0 Å². The van der Waals surface area contributed by atoms with E-state index in [-0.39, 0.29) is 11.9 Å². The molecule has 0 fully saturated rings. The molecule has 102 valence electrons. The standard InChI is InChI=1S/C13H19N5O/c1-11-5-8-16-18(11)12(2)13(19)14-6-3-9-17-10-4-7-15-17/h4-5,7-8,10,12H,3,6,9H2,1-2H3,(H,14,19). The maximum absolute atomic E-state index is 12.0. The predicted octanol–water partition coefficient (Wildman–Crippen LogP) is 1.16. The van der Waals surface area contributed by atoms with Gasteiger partial charge in [-0.05, 0) is 32.4 Å². The molecule has 0 saturated heterocycles. The molecule has 2 rings (SSSR count). The van der Waals surface area contributed by atoms with E-state index >= 15 is 0 Å². The van der Waals surface area contributed by atoms with Gasteiger partial charge >= 0.3 is 0 Å². The summed E-state index contributed by atoms with van der Waals surface area (Å²) in [4.78, 5) is 12.0. The van der Waals surface area contributed by atoms with Gasteiger partial charge in [-0.2, -0.15) is 10.2 Å². The van der Waals surface area contributed by atoms with Crippen molar-refractivity contribution in [3.05, 3.63) is 36.4 Å². The van der Waals surface area contributed by atoms with Crippen LogP contribution in [0.25, 0.3) is 0 Å². The minimum absolute atomic E-state index is 0.00716. The van der Waals surface area contributed by atoms with Crippen LogP contribution < -0.4 is 5.32 Å². The molecule has 19 heavy (non-hydrogen) atoms. The predicted molar refractivity (Wildman–Crippen MR) is 71.5 cm³/mol. The quantitative estimate of drug-likeness (QED) is 0.793. The highest BCUT2D eigenvalue weighted by atomic mass is 16.2. The van der Waals surface area contributed by atoms with Gasteiger partial charge in [0.1, 0.15) is 6.04 Å². The maximum Gasteiger partial charge on any atom is 0.244 e. The summed E-state index contributed by atoms with van der Waals surface area (Å²) in [5.41, 5.74) is 0.985. The normalized spacial score (nSPS) is 12.3. The summed E-state index contributed by atoms with van der Waals surface area (Å²) >= 11 is 0. The minimum Gasteiger partial charge on any atom is -0.354 e. The lowest BCUT2D eigenvalue weighted by Gasteiger charge is -2.14. The van der Waals surface area contributed by atoms with E-state index in [0.29, 0.717) is 6.54 Å². The Kier molecular flexibility index (Phi) is 4.33. The number of carbonyl (C=O) groups excluding carboxylic acids is 1. The Bertz CT molecular complexity index is 517. The molecule has 6 heteroatoms. The first-order chi connectivity index (χ1) is 9.18. The van der Waals surface area contributed by atoms with Crippen molar-refractivity contribution in [3.8, 4) is 0 Å². The van der Waals surface area contributed by atoms with Crippen molar-refractivity contribution < 1.29 is 4.79 Å². The third-order valence-electron chi connectivity index (χ3n) is 3.04. The second kappa shape index (κ2) is 6.17. The van der Waals surface area contributed by atoms with Crippen molar-refractivity contribution in [2.75, 3.05) is 6.54 Å². The number of nitrogens with zero attached hydrogens (tertiary/aromatic N) is 4. The summed E-state index contributed by atoms with van der Waals surface area (Å²) in [7, 11) is 0. The SMILES string of the molecule is Cc1ccnn1C(C)C(=O)NCCCn1cccn1. The van der Waals surface area contributed by atoms with Crippen molar-refractivity contribution in [2.45, 2.75) is 32.9 Å². The Labute approximate surface area is 112 Å². The first kappa shape index (κ1) is 13.3. The number of amides is 1. The van der Waals surface area contributed by atoms with Crippen molar-refractivity contribution in [1.82, 2.24) is 24.9 Å². The van der Waals surface area contributed by atoms with Crippen LogP contribution in [0.2, 0.25) is 0 Å². The highest BCUT2D eigenvalue weighted by molar-refractivity contribution is 5.79. The van der Waals surface area contributed by atoms with Gasteiger partial charge in [0.25, 0.3) is 0 Å². The fourth-order valence-electron chi connectivity index (χ4n) is 1.93. The molecule has 2 aromatic heterocycles. The van der Waals surface area contributed by atoms with E-state index in [1.807, 2.05) is 36.9 Å². The van der Waals surface area contributed by atoms with Crippen LogP contribution >= 0.6 is 0 Å². The van der Waals surface area contributed by atoms with Crippen molar-refractivity contribution >= 4 is 5.91 Å². The van der Waals surface area contributed by atoms with E-state index in [2.05, 4.69) is 15.5 Å². The number of carbonyl (C=O) groups is 1. The van der Waals surface area contributed by atoms with Crippen LogP contribution in [0.3, 0.4) is 0 Å². The van der Waals surface area contributed by atoms with Crippen molar-refractivity contribution in [3.63, 3.8) is 0 Å². The molecule has 1 unspecified atom stereocenters. The molecular formula is C13H19N5O. The van der Waals surface area contributed by atoms with Crippen LogP contribution in [0, 0.1) is 6.92 Å². The molecule has 1 amide bonds. The highest BCUT2D eigenvalue weighted by Crippen LogP contribution is 2.07. The van der Waals surface area contributed by atoms with E-state index in [1.54, 1.807) is 17.1 Å². The maximum atomic E-state index is 12.0. The van der Waals surface area contributed by atoms with E-state index in [1.165, 1.54) is 0 Å². The van der Waals surface area contributed by atoms with Gasteiger partial charge in [-0.1, -0.05) is 0 Å². The largest absolute Gasteiger partial charge is 0.354 e. The van der Waals surface area contributed by atoms with Crippen LogP contribution in [0.5, 0.6) is 0 Å². The first-order valence-electron chi connectivity index (χ1n) is 6.44. The fourth-order valence-corrected chi connectivity index (χ4v) is 1.93. The van der Waals surface area contributed by atoms with Gasteiger partial charge in [0.2, 0.25) is 5.91 Å². The first-order valence-corrected chi connectivity index (χ1v) is 6.44. The molecule has 0 radical (unpaired) electrons. The Morgan fingerprint density at radius 2 is 2.26 bits per heavy atom. The molecular weight excluding hydrogens is 242 g/mol. The van der Waals surface area contributed by atoms with Crippen LogP contribution in [0.15, 0.2) is 30.7 Å². The van der Waals surface area contributed by atoms with Gasteiger partial charge in [-0.15, -0.1) is 0 Å². The summed E-state index contributed by atoms with van der Waals surface area (Å²) < 4.78 is 3.58. The number of nitrogens with one attached hydrogen (secondary N) is 1. The van der Waals surface area contributed by atoms with E-state index < -0.39 is 0 Å². The zero-order valence-electron chi connectivity index (χ0n) is 11.3. The Balaban J connectivity index is 1.74. The molecule has 1 N–H and O–H groups in total. The monoisotopic (exact) mass is 261 g/mol. The van der Waals surface area contributed by atoms with Crippen molar-refractivity contribution in [2.24, 2.45) is 0 Å². The smallest absolute Gasteiger partial charge is 0.244 e. The van der Waals surface area contributed by atoms with E-state index in [0.717, 1.165) is 18.7 Å². The third kappa shape index (κ3) is 3.43. The minimum atomic E-state index is -0.278. The molecule has 2 heterocycles. The van der Waals surface area contributed by atoms with Gasteiger partial charge in [-0.25, -0.2) is 0 Å². The topological polar surface area (TPSA) is 64.7 Å². The zero-order chi connectivity index (χ0) is 13.7. The summed E-state index contributed by atoms with van der Waals surface area (Å²) in [6.07, 6.45) is 6.23. The molecule has 0 aliphatic carbocycles. The number of hydrogen-bond acceptors (Lipinski definition) is 3. The molecule has 1 atom stereocenters. The summed E-state index contributed by atoms with van der Waals surface area (Å²) in [6.45, 7) is 5.24. The lowest BCUT2D eigenvalue weighted by Crippen LogP contribution is -2.32. The Morgan fingerprint density at radius 1 is 1.42 bits per heavy atom. The average Bonchev–Trinajstić information content (AvgIpc) is 3.04. The number of aromatic nitrogens is 4. The molecule has 0 saturated carbocycles. The van der Waals surface area contributed by atoms with Crippen molar-refractivity contribution in [1.29, 1.82) is 0 Å². The second-order valence-corrected chi connectivity index (χ2v) is 4.51. The second-order valence-electron chi connectivity index (χ2n) is 4.51. The highest BCUT2D eigenvalue weighted by Gasteiger charge is 2.15. The molecule has 6 nitrogen and oxygen atoms in total. The Hall–Kier alpha value is -2.11. The summed E-state index contributed by atoms with van der Waals surface area (Å²) in [5.74, 6) is -0.00716. The number of aryl methyl sites for hydroxylation is 2. The van der Waals surface area contributed by atoms with Crippen LogP contribution in [-0.2, 0) is 11.3 Å². The number of hydrogen-bond donors (Lipinski definition) is 1. The third-order valence-corrected chi connectivity index (χ3v) is 3.04. The number of rotatable bonds is 6. The zero-order valence-corrected chi connectivity index (χ0v) is 11.3. The lowest BCUT2D eigenvalue weighted by molar-refractivity contribution is -0.124. The summed E-state index contributed by atoms with van der Waals surface area (Å²) in [6, 6.07) is 3.50. The molecule has 2 aromatic rings. The summed E-state index contributed by atoms with van der Waals surface area (Å²) in [5, 5.41) is 11.2. The van der Waals surface area contributed by atoms with E-state index in [4.69, 9.17) is 0 Å². The van der Waals surface area contributed by atoms with Gasteiger partial charge in [0.15, 0.2) is 0 Å². The molecule has 0 spiro atoms. The molecule has 0 aromatic carbocycles. The van der Waals surface area contributed by atoms with Crippen LogP contribution in [0.1, 0.15) is 25.1 Å². The molecule has 0 aliphatic heterocycles. The Morgan fingerprint density at radius 3 is 2.89 bits per heavy atom. The van der Waals surface area contributed by atoms with E-state index in [9.17, 15) is 4.79 Å². The van der Waals surface area contributed by atoms with Gasteiger partial charge in [0, 0.05) is 37.4 Å². The molecule has 0 aliphatic rings. The van der Waals surface area contributed by atoms with Gasteiger partial charge < -0.3 is 5.32 Å². The average molecular weight is 261 g/mol. The lowest BCUT2D eigenvalue weighted by atomic mass is 10.3. The van der Waals surface area contributed by atoms with Gasteiger partial charge in [-0.3, -0.25) is 14.2 Å². The van der Waals surface area contributed by atoms with Crippen LogP contribution in [0.4, 0.5) is 0 Å². The fraction of sp³-hybridized carbons (Fsp3) is 0.462. The molecule has 0 bridgehead atoms.